The van der Waals surface area contributed by atoms with Gasteiger partial charge in [-0.15, -0.1) is 11.8 Å². The Labute approximate surface area is 113 Å². The summed E-state index contributed by atoms with van der Waals surface area (Å²) >= 11 is 4.42. The summed E-state index contributed by atoms with van der Waals surface area (Å²) in [4.78, 5) is 24.3. The zero-order valence-corrected chi connectivity index (χ0v) is 11.2. The number of thioether (sulfide) groups is 1. The third-order valence-corrected chi connectivity index (χ3v) is 3.60. The molecular formula is C9H7BrN4O3S. The SMILES string of the molecule is O=c1[nH]nc(CSc2ccc(Br)cc2[N+](=O)[O-])[nH]1. The summed E-state index contributed by atoms with van der Waals surface area (Å²) in [5, 5.41) is 16.8. The minimum Gasteiger partial charge on any atom is -0.292 e. The van der Waals surface area contributed by atoms with Gasteiger partial charge in [-0.05, 0) is 12.1 Å². The van der Waals surface area contributed by atoms with Gasteiger partial charge in [0.2, 0.25) is 0 Å². The summed E-state index contributed by atoms with van der Waals surface area (Å²) in [6.07, 6.45) is 0. The van der Waals surface area contributed by atoms with E-state index in [9.17, 15) is 14.9 Å². The number of halogens is 1. The molecule has 0 radical (unpaired) electrons. The van der Waals surface area contributed by atoms with Crippen LogP contribution in [-0.4, -0.2) is 20.1 Å². The van der Waals surface area contributed by atoms with Crippen molar-refractivity contribution < 1.29 is 4.92 Å². The van der Waals surface area contributed by atoms with E-state index >= 15 is 0 Å². The Balaban J connectivity index is 2.18. The summed E-state index contributed by atoms with van der Waals surface area (Å²) in [6.45, 7) is 0. The van der Waals surface area contributed by atoms with Gasteiger partial charge in [0, 0.05) is 10.5 Å². The van der Waals surface area contributed by atoms with Gasteiger partial charge in [-0.2, -0.15) is 5.10 Å². The lowest BCUT2D eigenvalue weighted by Gasteiger charge is -2.01. The monoisotopic (exact) mass is 330 g/mol. The number of aromatic amines is 2. The average Bonchev–Trinajstić information content (AvgIpc) is 2.73. The molecule has 0 saturated carbocycles. The fraction of sp³-hybridized carbons (Fsp3) is 0.111. The average molecular weight is 331 g/mol. The van der Waals surface area contributed by atoms with Crippen molar-refractivity contribution in [2.24, 2.45) is 0 Å². The number of nitrogens with zero attached hydrogens (tertiary/aromatic N) is 2. The Morgan fingerprint density at radius 1 is 1.50 bits per heavy atom. The van der Waals surface area contributed by atoms with Crippen molar-refractivity contribution in [1.82, 2.24) is 15.2 Å². The Morgan fingerprint density at radius 3 is 2.89 bits per heavy atom. The van der Waals surface area contributed by atoms with Crippen LogP contribution in [0.15, 0.2) is 32.4 Å². The first kappa shape index (κ1) is 12.8. The van der Waals surface area contributed by atoms with Gasteiger partial charge < -0.3 is 0 Å². The van der Waals surface area contributed by atoms with E-state index < -0.39 is 10.6 Å². The molecule has 1 heterocycles. The molecule has 7 nitrogen and oxygen atoms in total. The fourth-order valence-corrected chi connectivity index (χ4v) is 2.50. The molecule has 0 saturated heterocycles. The molecule has 2 rings (SSSR count). The number of H-pyrrole nitrogens is 2. The highest BCUT2D eigenvalue weighted by Gasteiger charge is 2.15. The second-order valence-corrected chi connectivity index (χ2v) is 5.22. The van der Waals surface area contributed by atoms with Gasteiger partial charge in [0.25, 0.3) is 5.69 Å². The predicted octanol–water partition coefficient (Wildman–Crippen LogP) is 2.06. The van der Waals surface area contributed by atoms with Crippen LogP contribution in [0.2, 0.25) is 0 Å². The van der Waals surface area contributed by atoms with Gasteiger partial charge in [0.15, 0.2) is 0 Å². The molecule has 0 bridgehead atoms. The molecule has 1 aromatic carbocycles. The van der Waals surface area contributed by atoms with E-state index in [0.717, 1.165) is 0 Å². The van der Waals surface area contributed by atoms with Crippen LogP contribution in [-0.2, 0) is 5.75 Å². The number of aromatic nitrogens is 3. The lowest BCUT2D eigenvalue weighted by atomic mass is 10.3. The molecule has 94 valence electrons. The molecule has 0 amide bonds. The molecular weight excluding hydrogens is 324 g/mol. The molecule has 0 atom stereocenters. The van der Waals surface area contributed by atoms with Crippen LogP contribution in [0.4, 0.5) is 5.69 Å². The largest absolute Gasteiger partial charge is 0.340 e. The van der Waals surface area contributed by atoms with Crippen molar-refractivity contribution >= 4 is 33.4 Å². The normalized spacial score (nSPS) is 10.5. The quantitative estimate of drug-likeness (QED) is 0.507. The highest BCUT2D eigenvalue weighted by molar-refractivity contribution is 9.10. The standard InChI is InChI=1S/C9H7BrN4O3S/c10-5-1-2-7(6(3-5)14(16)17)18-4-8-11-9(15)13-12-8/h1-3H,4H2,(H2,11,12,13,15). The maximum absolute atomic E-state index is 10.9. The topological polar surface area (TPSA) is 105 Å². The van der Waals surface area contributed by atoms with Crippen molar-refractivity contribution in [1.29, 1.82) is 0 Å². The number of nitrogens with one attached hydrogen (secondary N) is 2. The number of nitro groups is 1. The van der Waals surface area contributed by atoms with Gasteiger partial charge in [-0.1, -0.05) is 15.9 Å². The summed E-state index contributed by atoms with van der Waals surface area (Å²) in [5.74, 6) is 0.795. The first-order valence-corrected chi connectivity index (χ1v) is 6.54. The van der Waals surface area contributed by atoms with Crippen LogP contribution < -0.4 is 5.69 Å². The molecule has 0 unspecified atom stereocenters. The van der Waals surface area contributed by atoms with Gasteiger partial charge in [-0.3, -0.25) is 15.1 Å². The van der Waals surface area contributed by atoms with Crippen LogP contribution in [0.1, 0.15) is 5.82 Å². The molecule has 2 aromatic rings. The van der Waals surface area contributed by atoms with Crippen LogP contribution in [0.3, 0.4) is 0 Å². The molecule has 0 aliphatic rings. The summed E-state index contributed by atoms with van der Waals surface area (Å²) in [7, 11) is 0. The van der Waals surface area contributed by atoms with E-state index in [1.54, 1.807) is 12.1 Å². The van der Waals surface area contributed by atoms with E-state index in [-0.39, 0.29) is 5.69 Å². The van der Waals surface area contributed by atoms with Crippen LogP contribution in [0, 0.1) is 10.1 Å². The first-order valence-electron chi connectivity index (χ1n) is 4.76. The Hall–Kier alpha value is -1.61. The zero-order chi connectivity index (χ0) is 13.1. The van der Waals surface area contributed by atoms with E-state index in [1.807, 2.05) is 0 Å². The molecule has 9 heteroatoms. The molecule has 0 aliphatic carbocycles. The second kappa shape index (κ2) is 5.36. The summed E-state index contributed by atoms with van der Waals surface area (Å²) in [6, 6.07) is 4.82. The van der Waals surface area contributed by atoms with Crippen molar-refractivity contribution in [2.45, 2.75) is 10.6 Å². The maximum atomic E-state index is 10.9. The molecule has 18 heavy (non-hydrogen) atoms. The lowest BCUT2D eigenvalue weighted by molar-refractivity contribution is -0.387. The molecule has 0 spiro atoms. The van der Waals surface area contributed by atoms with Crippen molar-refractivity contribution in [2.75, 3.05) is 0 Å². The second-order valence-electron chi connectivity index (χ2n) is 3.28. The lowest BCUT2D eigenvalue weighted by Crippen LogP contribution is -2.00. The van der Waals surface area contributed by atoms with Gasteiger partial charge in [-0.25, -0.2) is 9.89 Å². The number of hydrogen-bond donors (Lipinski definition) is 2. The number of benzene rings is 1. The molecule has 1 aromatic heterocycles. The van der Waals surface area contributed by atoms with Gasteiger partial charge in [0.1, 0.15) is 5.82 Å². The van der Waals surface area contributed by atoms with E-state index in [0.29, 0.717) is 20.9 Å². The number of hydrogen-bond acceptors (Lipinski definition) is 5. The number of rotatable bonds is 4. The van der Waals surface area contributed by atoms with Crippen LogP contribution in [0.25, 0.3) is 0 Å². The molecule has 0 aliphatic heterocycles. The maximum Gasteiger partial charge on any atom is 0.340 e. The van der Waals surface area contributed by atoms with Gasteiger partial charge in [0.05, 0.1) is 15.6 Å². The first-order chi connectivity index (χ1) is 8.56. The highest BCUT2D eigenvalue weighted by Crippen LogP contribution is 2.32. The third-order valence-electron chi connectivity index (χ3n) is 2.03. The Kier molecular flexibility index (Phi) is 3.82. The smallest absolute Gasteiger partial charge is 0.292 e. The van der Waals surface area contributed by atoms with Crippen molar-refractivity contribution in [3.8, 4) is 0 Å². The zero-order valence-electron chi connectivity index (χ0n) is 8.84. The summed E-state index contributed by atoms with van der Waals surface area (Å²) < 4.78 is 0.645. The number of nitro benzene ring substituents is 1. The van der Waals surface area contributed by atoms with E-state index in [4.69, 9.17) is 0 Å². The van der Waals surface area contributed by atoms with Crippen molar-refractivity contribution in [3.05, 3.63) is 49.1 Å². The Bertz CT molecular complexity index is 639. The van der Waals surface area contributed by atoms with E-state index in [1.165, 1.54) is 17.8 Å². The summed E-state index contributed by atoms with van der Waals surface area (Å²) in [5.41, 5.74) is -0.372. The van der Waals surface area contributed by atoms with Crippen molar-refractivity contribution in [3.63, 3.8) is 0 Å². The Morgan fingerprint density at radius 2 is 2.28 bits per heavy atom. The molecule has 2 N–H and O–H groups in total. The minimum atomic E-state index is -0.444. The third kappa shape index (κ3) is 2.99. The minimum absolute atomic E-state index is 0.0206. The predicted molar refractivity (Wildman–Crippen MR) is 69.6 cm³/mol. The van der Waals surface area contributed by atoms with Crippen LogP contribution in [0.5, 0.6) is 0 Å². The van der Waals surface area contributed by atoms with E-state index in [2.05, 4.69) is 31.1 Å². The molecule has 0 fully saturated rings. The van der Waals surface area contributed by atoms with Crippen LogP contribution >= 0.6 is 27.7 Å². The van der Waals surface area contributed by atoms with Gasteiger partial charge >= 0.3 is 5.69 Å². The fourth-order valence-electron chi connectivity index (χ4n) is 1.27. The highest BCUT2D eigenvalue weighted by atomic mass is 79.9.